The minimum Gasteiger partial charge on any atom is -0.403 e. The van der Waals surface area contributed by atoms with Crippen LogP contribution in [0.2, 0.25) is 0 Å². The third-order valence-electron chi connectivity index (χ3n) is 3.76. The Balaban J connectivity index is 1.44. The number of nitrogens with zero attached hydrogens (tertiary/aromatic N) is 3. The van der Waals surface area contributed by atoms with Crippen LogP contribution in [0.5, 0.6) is 0 Å². The van der Waals surface area contributed by atoms with Gasteiger partial charge in [-0.2, -0.15) is 0 Å². The molecular weight excluding hydrogens is 342 g/mol. The number of carbonyl (C=O) groups is 1. The van der Waals surface area contributed by atoms with Gasteiger partial charge in [-0.15, -0.1) is 5.10 Å². The summed E-state index contributed by atoms with van der Waals surface area (Å²) in [6, 6.07) is 20.5. The van der Waals surface area contributed by atoms with Crippen LogP contribution in [0.4, 0.5) is 17.4 Å². The van der Waals surface area contributed by atoms with Crippen molar-refractivity contribution in [3.8, 4) is 11.5 Å². The molecule has 0 saturated heterocycles. The van der Waals surface area contributed by atoms with Gasteiger partial charge in [0.15, 0.2) is 0 Å². The third kappa shape index (κ3) is 3.98. The van der Waals surface area contributed by atoms with Gasteiger partial charge in [-0.25, -0.2) is 0 Å². The lowest BCUT2D eigenvalue weighted by molar-refractivity contribution is 0.102. The van der Waals surface area contributed by atoms with Gasteiger partial charge in [0.2, 0.25) is 5.89 Å². The van der Waals surface area contributed by atoms with Crippen LogP contribution in [0, 0.1) is 0 Å². The van der Waals surface area contributed by atoms with Gasteiger partial charge in [0.05, 0.1) is 5.56 Å². The van der Waals surface area contributed by atoms with E-state index in [-0.39, 0.29) is 5.91 Å². The van der Waals surface area contributed by atoms with E-state index in [1.807, 2.05) is 30.3 Å². The van der Waals surface area contributed by atoms with E-state index in [9.17, 15) is 4.79 Å². The van der Waals surface area contributed by atoms with Crippen molar-refractivity contribution in [2.45, 2.75) is 0 Å². The van der Waals surface area contributed by atoms with Crippen LogP contribution in [0.15, 0.2) is 83.5 Å². The number of hydrogen-bond donors (Lipinski definition) is 2. The molecule has 2 N–H and O–H groups in total. The second-order valence-electron chi connectivity index (χ2n) is 5.68. The predicted octanol–water partition coefficient (Wildman–Crippen LogP) is 4.13. The first-order valence-corrected chi connectivity index (χ1v) is 8.25. The minimum absolute atomic E-state index is 0.219. The van der Waals surface area contributed by atoms with Gasteiger partial charge in [0, 0.05) is 29.3 Å². The topological polar surface area (TPSA) is 92.9 Å². The fourth-order valence-electron chi connectivity index (χ4n) is 2.43. The molecule has 7 heteroatoms. The zero-order valence-electron chi connectivity index (χ0n) is 14.2. The van der Waals surface area contributed by atoms with Gasteiger partial charge < -0.3 is 15.1 Å². The van der Waals surface area contributed by atoms with Crippen molar-refractivity contribution in [2.24, 2.45) is 0 Å². The molecule has 132 valence electrons. The molecule has 2 aromatic carbocycles. The summed E-state index contributed by atoms with van der Waals surface area (Å²) in [5.74, 6) is 0.168. The Morgan fingerprint density at radius 1 is 0.852 bits per heavy atom. The first-order valence-electron chi connectivity index (χ1n) is 8.25. The first kappa shape index (κ1) is 16.5. The number of benzene rings is 2. The number of rotatable bonds is 5. The predicted molar refractivity (Wildman–Crippen MR) is 102 cm³/mol. The summed E-state index contributed by atoms with van der Waals surface area (Å²) in [4.78, 5) is 16.1. The molecule has 1 amide bonds. The molecule has 4 rings (SSSR count). The number of anilines is 3. The second-order valence-corrected chi connectivity index (χ2v) is 5.68. The standard InChI is InChI=1S/C20H15N5O2/c26-18(15-5-4-12-21-13-15)22-17-10-8-14(9-11-17)19-24-25-20(27-19)23-16-6-2-1-3-7-16/h1-13H,(H,22,26)(H,23,25). The van der Waals surface area contributed by atoms with Crippen molar-refractivity contribution in [1.82, 2.24) is 15.2 Å². The van der Waals surface area contributed by atoms with Crippen molar-refractivity contribution < 1.29 is 9.21 Å². The molecule has 0 aliphatic carbocycles. The molecule has 2 heterocycles. The van der Waals surface area contributed by atoms with Crippen LogP contribution in [0.3, 0.4) is 0 Å². The smallest absolute Gasteiger partial charge is 0.320 e. The van der Waals surface area contributed by atoms with Gasteiger partial charge in [-0.1, -0.05) is 23.3 Å². The third-order valence-corrected chi connectivity index (χ3v) is 3.76. The highest BCUT2D eigenvalue weighted by molar-refractivity contribution is 6.04. The Labute approximate surface area is 155 Å². The summed E-state index contributed by atoms with van der Waals surface area (Å²) in [6.07, 6.45) is 3.14. The average Bonchev–Trinajstić information content (AvgIpc) is 3.18. The number of para-hydroxylation sites is 1. The van der Waals surface area contributed by atoms with E-state index < -0.39 is 0 Å². The maximum Gasteiger partial charge on any atom is 0.320 e. The highest BCUT2D eigenvalue weighted by atomic mass is 16.4. The molecule has 0 aliphatic rings. The van der Waals surface area contributed by atoms with Gasteiger partial charge >= 0.3 is 6.01 Å². The maximum absolute atomic E-state index is 12.1. The zero-order valence-corrected chi connectivity index (χ0v) is 14.2. The summed E-state index contributed by atoms with van der Waals surface area (Å²) in [5.41, 5.74) is 2.77. The first-order chi connectivity index (χ1) is 13.3. The number of hydrogen-bond acceptors (Lipinski definition) is 6. The Hall–Kier alpha value is -4.00. The monoisotopic (exact) mass is 357 g/mol. The molecular formula is C20H15N5O2. The van der Waals surface area contributed by atoms with E-state index in [0.29, 0.717) is 23.2 Å². The van der Waals surface area contributed by atoms with Crippen molar-refractivity contribution in [3.05, 3.63) is 84.7 Å². The van der Waals surface area contributed by atoms with E-state index in [4.69, 9.17) is 4.42 Å². The van der Waals surface area contributed by atoms with E-state index in [0.717, 1.165) is 11.3 Å². The molecule has 27 heavy (non-hydrogen) atoms. The van der Waals surface area contributed by atoms with Crippen LogP contribution in [0.1, 0.15) is 10.4 Å². The molecule has 0 radical (unpaired) electrons. The van der Waals surface area contributed by atoms with Crippen LogP contribution in [0.25, 0.3) is 11.5 Å². The van der Waals surface area contributed by atoms with Gasteiger partial charge in [-0.3, -0.25) is 9.78 Å². The van der Waals surface area contributed by atoms with Crippen LogP contribution in [-0.2, 0) is 0 Å². The van der Waals surface area contributed by atoms with E-state index in [1.165, 1.54) is 6.20 Å². The molecule has 0 saturated carbocycles. The number of amides is 1. The van der Waals surface area contributed by atoms with Crippen LogP contribution in [-0.4, -0.2) is 21.1 Å². The van der Waals surface area contributed by atoms with Crippen molar-refractivity contribution in [2.75, 3.05) is 10.6 Å². The SMILES string of the molecule is O=C(Nc1ccc(-c2nnc(Nc3ccccc3)o2)cc1)c1cccnc1. The fourth-order valence-corrected chi connectivity index (χ4v) is 2.43. The molecule has 2 aromatic heterocycles. The Kier molecular flexibility index (Phi) is 4.57. The Morgan fingerprint density at radius 3 is 2.41 bits per heavy atom. The van der Waals surface area contributed by atoms with Gasteiger partial charge in [0.1, 0.15) is 0 Å². The number of carbonyl (C=O) groups excluding carboxylic acids is 1. The summed E-state index contributed by atoms with van der Waals surface area (Å²) < 4.78 is 5.63. The molecule has 0 unspecified atom stereocenters. The Morgan fingerprint density at radius 2 is 1.67 bits per heavy atom. The molecule has 0 aliphatic heterocycles. The molecule has 4 aromatic rings. The summed E-state index contributed by atoms with van der Waals surface area (Å²) in [5, 5.41) is 13.9. The number of pyridine rings is 1. The summed E-state index contributed by atoms with van der Waals surface area (Å²) in [7, 11) is 0. The Bertz CT molecular complexity index is 1030. The second kappa shape index (κ2) is 7.49. The van der Waals surface area contributed by atoms with Crippen molar-refractivity contribution in [3.63, 3.8) is 0 Å². The lowest BCUT2D eigenvalue weighted by Gasteiger charge is -2.05. The van der Waals surface area contributed by atoms with Crippen molar-refractivity contribution >= 4 is 23.3 Å². The molecule has 0 fully saturated rings. The van der Waals surface area contributed by atoms with E-state index >= 15 is 0 Å². The summed E-state index contributed by atoms with van der Waals surface area (Å²) in [6.45, 7) is 0. The number of nitrogens with one attached hydrogen (secondary N) is 2. The maximum atomic E-state index is 12.1. The van der Waals surface area contributed by atoms with E-state index in [1.54, 1.807) is 42.6 Å². The quantitative estimate of drug-likeness (QED) is 0.558. The lowest BCUT2D eigenvalue weighted by atomic mass is 10.2. The van der Waals surface area contributed by atoms with Crippen LogP contribution >= 0.6 is 0 Å². The van der Waals surface area contributed by atoms with Crippen LogP contribution < -0.4 is 10.6 Å². The molecule has 7 nitrogen and oxygen atoms in total. The lowest BCUT2D eigenvalue weighted by Crippen LogP contribution is -2.11. The highest BCUT2D eigenvalue weighted by Gasteiger charge is 2.10. The molecule has 0 bridgehead atoms. The number of aromatic nitrogens is 3. The highest BCUT2D eigenvalue weighted by Crippen LogP contribution is 2.23. The van der Waals surface area contributed by atoms with Gasteiger partial charge in [0.25, 0.3) is 5.91 Å². The van der Waals surface area contributed by atoms with Crippen molar-refractivity contribution in [1.29, 1.82) is 0 Å². The average molecular weight is 357 g/mol. The fraction of sp³-hybridized carbons (Fsp3) is 0. The normalized spacial score (nSPS) is 10.4. The largest absolute Gasteiger partial charge is 0.403 e. The zero-order chi connectivity index (χ0) is 18.5. The molecule has 0 spiro atoms. The summed E-state index contributed by atoms with van der Waals surface area (Å²) >= 11 is 0. The minimum atomic E-state index is -0.219. The van der Waals surface area contributed by atoms with E-state index in [2.05, 4.69) is 25.8 Å². The molecule has 0 atom stereocenters. The van der Waals surface area contributed by atoms with Gasteiger partial charge in [-0.05, 0) is 48.5 Å².